The molecule has 156 valence electrons. The zero-order chi connectivity index (χ0) is 21.1. The molecule has 1 unspecified atom stereocenters. The Hall–Kier alpha value is -2.32. The van der Waals surface area contributed by atoms with Gasteiger partial charge >= 0.3 is 0 Å². The summed E-state index contributed by atoms with van der Waals surface area (Å²) in [6.45, 7) is 4.93. The number of hydrogen-bond acceptors (Lipinski definition) is 5. The number of carbonyl (C=O) groups is 1. The van der Waals surface area contributed by atoms with E-state index in [1.807, 2.05) is 22.8 Å². The lowest BCUT2D eigenvalue weighted by Crippen LogP contribution is -2.33. The Labute approximate surface area is 188 Å². The van der Waals surface area contributed by atoms with Gasteiger partial charge in [0.05, 0.1) is 18.4 Å². The summed E-state index contributed by atoms with van der Waals surface area (Å²) in [6, 6.07) is 14.2. The van der Waals surface area contributed by atoms with Gasteiger partial charge in [-0.1, -0.05) is 53.7 Å². The molecule has 1 atom stereocenters. The van der Waals surface area contributed by atoms with Crippen molar-refractivity contribution in [3.8, 4) is 11.4 Å². The first-order valence-corrected chi connectivity index (χ1v) is 11.6. The number of carbonyl (C=O) groups excluding carboxylic acids is 1. The van der Waals surface area contributed by atoms with Crippen LogP contribution in [0, 0.1) is 0 Å². The Bertz CT molecular complexity index is 1040. The minimum atomic E-state index is -0.0548. The number of nitrogens with zero attached hydrogens (tertiary/aromatic N) is 3. The van der Waals surface area contributed by atoms with Crippen molar-refractivity contribution in [3.63, 3.8) is 0 Å². The molecule has 1 N–H and O–H groups in total. The van der Waals surface area contributed by atoms with Crippen LogP contribution in [0.4, 0.5) is 0 Å². The highest BCUT2D eigenvalue weighted by Crippen LogP contribution is 2.34. The van der Waals surface area contributed by atoms with Gasteiger partial charge in [0.25, 0.3) is 0 Å². The molecule has 0 radical (unpaired) electrons. The van der Waals surface area contributed by atoms with Crippen molar-refractivity contribution in [2.45, 2.75) is 37.4 Å². The summed E-state index contributed by atoms with van der Waals surface area (Å²) in [6.07, 6.45) is 2.43. The predicted molar refractivity (Wildman–Crippen MR) is 121 cm³/mol. The number of ether oxygens (including phenoxy) is 1. The van der Waals surface area contributed by atoms with Gasteiger partial charge in [0.1, 0.15) is 12.1 Å². The van der Waals surface area contributed by atoms with E-state index in [4.69, 9.17) is 4.74 Å². The van der Waals surface area contributed by atoms with E-state index in [-0.39, 0.29) is 17.7 Å². The van der Waals surface area contributed by atoms with Gasteiger partial charge < -0.3 is 10.1 Å². The molecule has 6 nitrogen and oxygen atoms in total. The third-order valence-corrected chi connectivity index (χ3v) is 6.47. The summed E-state index contributed by atoms with van der Waals surface area (Å²) in [5.41, 5.74) is 3.27. The molecule has 2 aromatic carbocycles. The first-order valence-electron chi connectivity index (χ1n) is 9.86. The van der Waals surface area contributed by atoms with Crippen LogP contribution in [0.3, 0.4) is 0 Å². The highest BCUT2D eigenvalue weighted by molar-refractivity contribution is 9.10. The summed E-state index contributed by atoms with van der Waals surface area (Å²) in [4.78, 5) is 12.6. The number of halogens is 1. The first kappa shape index (κ1) is 20.9. The quantitative estimate of drug-likeness (QED) is 0.502. The standard InChI is InChI=1S/C22H23BrN4O2S/c1-14(2)15-3-6-17(7-4-15)27-13-24-26-22(27)30-12-21(28)25-19-9-10-29-20-8-5-16(23)11-18(19)20/h3-8,11,13-14,19H,9-10,12H2,1-2H3,(H,25,28). The Morgan fingerprint density at radius 1 is 1.30 bits per heavy atom. The number of fused-ring (bicyclic) bond motifs is 1. The van der Waals surface area contributed by atoms with Gasteiger partial charge in [0.15, 0.2) is 5.16 Å². The van der Waals surface area contributed by atoms with Crippen LogP contribution in [0.5, 0.6) is 5.75 Å². The van der Waals surface area contributed by atoms with E-state index in [1.165, 1.54) is 17.3 Å². The highest BCUT2D eigenvalue weighted by Gasteiger charge is 2.23. The van der Waals surface area contributed by atoms with Gasteiger partial charge in [-0.3, -0.25) is 9.36 Å². The number of nitrogens with one attached hydrogen (secondary N) is 1. The van der Waals surface area contributed by atoms with E-state index in [0.29, 0.717) is 17.7 Å². The zero-order valence-corrected chi connectivity index (χ0v) is 19.2. The maximum Gasteiger partial charge on any atom is 0.230 e. The van der Waals surface area contributed by atoms with Gasteiger partial charge in [0, 0.05) is 22.1 Å². The zero-order valence-electron chi connectivity index (χ0n) is 16.8. The van der Waals surface area contributed by atoms with E-state index < -0.39 is 0 Å². The lowest BCUT2D eigenvalue weighted by Gasteiger charge is -2.26. The second kappa shape index (κ2) is 9.22. The van der Waals surface area contributed by atoms with E-state index in [2.05, 4.69) is 69.6 Å². The van der Waals surface area contributed by atoms with Gasteiger partial charge in [-0.05, 0) is 41.8 Å². The molecule has 1 amide bonds. The molecule has 1 aliphatic heterocycles. The number of benzene rings is 2. The van der Waals surface area contributed by atoms with E-state index in [0.717, 1.165) is 27.9 Å². The number of thioether (sulfide) groups is 1. The van der Waals surface area contributed by atoms with Gasteiger partial charge in [-0.2, -0.15) is 0 Å². The van der Waals surface area contributed by atoms with Crippen LogP contribution in [0.25, 0.3) is 5.69 Å². The molecule has 0 aliphatic carbocycles. The van der Waals surface area contributed by atoms with Crippen molar-refractivity contribution in [2.75, 3.05) is 12.4 Å². The topological polar surface area (TPSA) is 69.0 Å². The fourth-order valence-electron chi connectivity index (χ4n) is 3.40. The summed E-state index contributed by atoms with van der Waals surface area (Å²) in [7, 11) is 0. The van der Waals surface area contributed by atoms with Crippen LogP contribution in [0.1, 0.15) is 43.4 Å². The van der Waals surface area contributed by atoms with Crippen molar-refractivity contribution in [1.29, 1.82) is 0 Å². The monoisotopic (exact) mass is 486 g/mol. The first-order chi connectivity index (χ1) is 14.5. The molecule has 0 saturated heterocycles. The Kier molecular flexibility index (Phi) is 6.43. The second-order valence-electron chi connectivity index (χ2n) is 7.46. The van der Waals surface area contributed by atoms with E-state index in [1.54, 1.807) is 6.33 Å². The third-order valence-electron chi connectivity index (χ3n) is 5.03. The lowest BCUT2D eigenvalue weighted by molar-refractivity contribution is -0.119. The minimum Gasteiger partial charge on any atom is -0.493 e. The maximum absolute atomic E-state index is 12.6. The number of hydrogen-bond donors (Lipinski definition) is 1. The summed E-state index contributed by atoms with van der Waals surface area (Å²) < 4.78 is 8.57. The molecule has 1 aliphatic rings. The number of aromatic nitrogens is 3. The molecular weight excluding hydrogens is 464 g/mol. The van der Waals surface area contributed by atoms with Crippen molar-refractivity contribution >= 4 is 33.6 Å². The fourth-order valence-corrected chi connectivity index (χ4v) is 4.52. The summed E-state index contributed by atoms with van der Waals surface area (Å²) in [5.74, 6) is 1.53. The lowest BCUT2D eigenvalue weighted by atomic mass is 10.0. The number of rotatable bonds is 6. The second-order valence-corrected chi connectivity index (χ2v) is 9.32. The van der Waals surface area contributed by atoms with Crippen molar-refractivity contribution in [2.24, 2.45) is 0 Å². The average Bonchev–Trinajstić information content (AvgIpc) is 3.21. The van der Waals surface area contributed by atoms with Crippen molar-refractivity contribution in [3.05, 3.63) is 64.4 Å². The largest absolute Gasteiger partial charge is 0.493 e. The normalized spacial score (nSPS) is 15.5. The molecule has 0 spiro atoms. The summed E-state index contributed by atoms with van der Waals surface area (Å²) >= 11 is 4.87. The van der Waals surface area contributed by atoms with Crippen LogP contribution in [0.15, 0.2) is 58.4 Å². The van der Waals surface area contributed by atoms with Gasteiger partial charge in [-0.25, -0.2) is 0 Å². The molecule has 30 heavy (non-hydrogen) atoms. The number of amides is 1. The summed E-state index contributed by atoms with van der Waals surface area (Å²) in [5, 5.41) is 12.0. The van der Waals surface area contributed by atoms with E-state index >= 15 is 0 Å². The smallest absolute Gasteiger partial charge is 0.230 e. The average molecular weight is 487 g/mol. The fraction of sp³-hybridized carbons (Fsp3) is 0.318. The Morgan fingerprint density at radius 3 is 2.87 bits per heavy atom. The van der Waals surface area contributed by atoms with Crippen LogP contribution in [-0.4, -0.2) is 33.0 Å². The molecule has 0 fully saturated rings. The molecule has 8 heteroatoms. The maximum atomic E-state index is 12.6. The van der Waals surface area contributed by atoms with Gasteiger partial charge in [-0.15, -0.1) is 10.2 Å². The molecule has 2 heterocycles. The molecule has 0 saturated carbocycles. The van der Waals surface area contributed by atoms with Crippen LogP contribution >= 0.6 is 27.7 Å². The van der Waals surface area contributed by atoms with Crippen molar-refractivity contribution in [1.82, 2.24) is 20.1 Å². The molecule has 1 aromatic heterocycles. The van der Waals surface area contributed by atoms with Crippen LogP contribution < -0.4 is 10.1 Å². The Morgan fingerprint density at radius 2 is 2.10 bits per heavy atom. The minimum absolute atomic E-state index is 0.0393. The Balaban J connectivity index is 1.40. The van der Waals surface area contributed by atoms with Crippen LogP contribution in [-0.2, 0) is 4.79 Å². The van der Waals surface area contributed by atoms with Crippen molar-refractivity contribution < 1.29 is 9.53 Å². The highest BCUT2D eigenvalue weighted by atomic mass is 79.9. The third kappa shape index (κ3) is 4.70. The van der Waals surface area contributed by atoms with E-state index in [9.17, 15) is 4.79 Å². The predicted octanol–water partition coefficient (Wildman–Crippen LogP) is 4.89. The molecule has 3 aromatic rings. The SMILES string of the molecule is CC(C)c1ccc(-n2cnnc2SCC(=O)NC2CCOc3ccc(Br)cc32)cc1. The molecule has 0 bridgehead atoms. The molecule has 4 rings (SSSR count). The van der Waals surface area contributed by atoms with Crippen LogP contribution in [0.2, 0.25) is 0 Å². The molecular formula is C22H23BrN4O2S. The van der Waals surface area contributed by atoms with Gasteiger partial charge in [0.2, 0.25) is 5.91 Å².